The van der Waals surface area contributed by atoms with Crippen LogP contribution in [0.1, 0.15) is 22.8 Å². The molecule has 0 unspecified atom stereocenters. The highest BCUT2D eigenvalue weighted by atomic mass is 35.5. The molecule has 0 aliphatic rings. The fourth-order valence-electron chi connectivity index (χ4n) is 1.97. The Bertz CT molecular complexity index is 605. The standard InChI is InChI=1S/C18H18ClNO/c1-2-20(14-15-6-4-3-5-7-15)13-12-18(21)16-8-10-17(19)11-9-16/h3-13H,2,14H2,1H3/b13-12-. The van der Waals surface area contributed by atoms with Gasteiger partial charge in [0.15, 0.2) is 5.78 Å². The number of carbonyl (C=O) groups excluding carboxylic acids is 1. The summed E-state index contributed by atoms with van der Waals surface area (Å²) >= 11 is 5.82. The van der Waals surface area contributed by atoms with Crippen molar-refractivity contribution in [3.8, 4) is 0 Å². The van der Waals surface area contributed by atoms with Crippen molar-refractivity contribution in [2.24, 2.45) is 0 Å². The van der Waals surface area contributed by atoms with Crippen LogP contribution in [0.5, 0.6) is 0 Å². The number of ketones is 1. The Balaban J connectivity index is 2.00. The fourth-order valence-corrected chi connectivity index (χ4v) is 2.10. The number of nitrogens with zero attached hydrogens (tertiary/aromatic N) is 1. The van der Waals surface area contributed by atoms with Crippen molar-refractivity contribution in [3.05, 3.63) is 83.0 Å². The van der Waals surface area contributed by atoms with E-state index in [0.717, 1.165) is 13.1 Å². The van der Waals surface area contributed by atoms with Gasteiger partial charge in [-0.3, -0.25) is 4.79 Å². The Morgan fingerprint density at radius 3 is 2.38 bits per heavy atom. The van der Waals surface area contributed by atoms with E-state index in [0.29, 0.717) is 10.6 Å². The van der Waals surface area contributed by atoms with Crippen LogP contribution in [0.15, 0.2) is 66.9 Å². The third kappa shape index (κ3) is 4.76. The zero-order valence-corrected chi connectivity index (χ0v) is 12.8. The summed E-state index contributed by atoms with van der Waals surface area (Å²) in [7, 11) is 0. The molecule has 3 heteroatoms. The maximum absolute atomic E-state index is 12.1. The Hall–Kier alpha value is -2.06. The van der Waals surface area contributed by atoms with Gasteiger partial charge in [0.25, 0.3) is 0 Å². The summed E-state index contributed by atoms with van der Waals surface area (Å²) in [6.07, 6.45) is 3.46. The summed E-state index contributed by atoms with van der Waals surface area (Å²) in [5.74, 6) is -0.0156. The second-order valence-corrected chi connectivity index (χ2v) is 5.17. The molecule has 0 N–H and O–H groups in total. The van der Waals surface area contributed by atoms with Gasteiger partial charge in [0.2, 0.25) is 0 Å². The molecule has 0 spiro atoms. The van der Waals surface area contributed by atoms with Crippen LogP contribution in [0.4, 0.5) is 0 Å². The van der Waals surface area contributed by atoms with Gasteiger partial charge in [-0.2, -0.15) is 0 Å². The van der Waals surface area contributed by atoms with Crippen LogP contribution in [0.3, 0.4) is 0 Å². The van der Waals surface area contributed by atoms with Crippen molar-refractivity contribution in [2.45, 2.75) is 13.5 Å². The predicted molar refractivity (Wildman–Crippen MR) is 87.4 cm³/mol. The molecule has 0 amide bonds. The summed E-state index contributed by atoms with van der Waals surface area (Å²) < 4.78 is 0. The zero-order chi connectivity index (χ0) is 15.1. The first kappa shape index (κ1) is 15.3. The molecule has 0 radical (unpaired) electrons. The Labute approximate surface area is 130 Å². The number of carbonyl (C=O) groups is 1. The lowest BCUT2D eigenvalue weighted by Gasteiger charge is -2.18. The molecule has 108 valence electrons. The van der Waals surface area contributed by atoms with Gasteiger partial charge in [-0.25, -0.2) is 0 Å². The lowest BCUT2D eigenvalue weighted by Crippen LogP contribution is -2.16. The monoisotopic (exact) mass is 299 g/mol. The van der Waals surface area contributed by atoms with E-state index in [1.165, 1.54) is 5.56 Å². The maximum Gasteiger partial charge on any atom is 0.187 e. The van der Waals surface area contributed by atoms with Gasteiger partial charge >= 0.3 is 0 Å². The van der Waals surface area contributed by atoms with Crippen LogP contribution >= 0.6 is 11.6 Å². The number of benzene rings is 2. The van der Waals surface area contributed by atoms with E-state index >= 15 is 0 Å². The van der Waals surface area contributed by atoms with Crippen LogP contribution in [-0.2, 0) is 6.54 Å². The minimum absolute atomic E-state index is 0.0156. The normalized spacial score (nSPS) is 10.8. The smallest absolute Gasteiger partial charge is 0.187 e. The van der Waals surface area contributed by atoms with Crippen molar-refractivity contribution >= 4 is 17.4 Å². The van der Waals surface area contributed by atoms with Crippen LogP contribution in [0.25, 0.3) is 0 Å². The molecular formula is C18H18ClNO. The van der Waals surface area contributed by atoms with Crippen LogP contribution in [-0.4, -0.2) is 17.2 Å². The van der Waals surface area contributed by atoms with E-state index < -0.39 is 0 Å². The Morgan fingerprint density at radius 2 is 1.76 bits per heavy atom. The first-order valence-corrected chi connectivity index (χ1v) is 7.33. The number of halogens is 1. The molecule has 0 heterocycles. The number of hydrogen-bond acceptors (Lipinski definition) is 2. The largest absolute Gasteiger partial charge is 0.373 e. The highest BCUT2D eigenvalue weighted by Gasteiger charge is 2.03. The third-order valence-corrected chi connectivity index (χ3v) is 3.45. The third-order valence-electron chi connectivity index (χ3n) is 3.20. The van der Waals surface area contributed by atoms with E-state index in [4.69, 9.17) is 11.6 Å². The summed E-state index contributed by atoms with van der Waals surface area (Å²) in [6.45, 7) is 3.71. The fraction of sp³-hybridized carbons (Fsp3) is 0.167. The van der Waals surface area contributed by atoms with Crippen LogP contribution in [0.2, 0.25) is 5.02 Å². The topological polar surface area (TPSA) is 20.3 Å². The molecule has 0 aliphatic carbocycles. The van der Waals surface area contributed by atoms with Gasteiger partial charge in [-0.15, -0.1) is 0 Å². The van der Waals surface area contributed by atoms with E-state index in [-0.39, 0.29) is 5.78 Å². The SMILES string of the molecule is CCN(/C=C\C(=O)c1ccc(Cl)cc1)Cc1ccccc1. The van der Waals surface area contributed by atoms with Crippen molar-refractivity contribution in [1.82, 2.24) is 4.90 Å². The van der Waals surface area contributed by atoms with Gasteiger partial charge in [-0.1, -0.05) is 41.9 Å². The number of rotatable bonds is 6. The van der Waals surface area contributed by atoms with Gasteiger partial charge in [0, 0.05) is 36.0 Å². The molecule has 0 fully saturated rings. The molecule has 0 saturated heterocycles. The molecule has 2 aromatic rings. The van der Waals surface area contributed by atoms with Gasteiger partial charge < -0.3 is 4.90 Å². The Kier molecular flexibility index (Phi) is 5.59. The molecule has 0 bridgehead atoms. The molecule has 2 nitrogen and oxygen atoms in total. The quantitative estimate of drug-likeness (QED) is 0.576. The van der Waals surface area contributed by atoms with E-state index in [9.17, 15) is 4.79 Å². The highest BCUT2D eigenvalue weighted by molar-refractivity contribution is 6.30. The second-order valence-electron chi connectivity index (χ2n) is 4.74. The molecule has 0 atom stereocenters. The van der Waals surface area contributed by atoms with Gasteiger partial charge in [-0.05, 0) is 36.8 Å². The van der Waals surface area contributed by atoms with Crippen LogP contribution < -0.4 is 0 Å². The van der Waals surface area contributed by atoms with Crippen LogP contribution in [0, 0.1) is 0 Å². The summed E-state index contributed by atoms with van der Waals surface area (Å²) in [6, 6.07) is 17.1. The molecule has 2 rings (SSSR count). The lowest BCUT2D eigenvalue weighted by atomic mass is 10.1. The minimum atomic E-state index is -0.0156. The van der Waals surface area contributed by atoms with Crippen molar-refractivity contribution in [2.75, 3.05) is 6.54 Å². The average Bonchev–Trinajstić information content (AvgIpc) is 2.52. The summed E-state index contributed by atoms with van der Waals surface area (Å²) in [5.41, 5.74) is 1.87. The molecule has 0 saturated carbocycles. The lowest BCUT2D eigenvalue weighted by molar-refractivity contribution is 0.104. The van der Waals surface area contributed by atoms with E-state index in [1.807, 2.05) is 24.4 Å². The maximum atomic E-state index is 12.1. The first-order valence-electron chi connectivity index (χ1n) is 6.95. The number of allylic oxidation sites excluding steroid dienone is 1. The highest BCUT2D eigenvalue weighted by Crippen LogP contribution is 2.11. The molecule has 2 aromatic carbocycles. The van der Waals surface area contributed by atoms with Crippen molar-refractivity contribution in [3.63, 3.8) is 0 Å². The van der Waals surface area contributed by atoms with E-state index in [1.54, 1.807) is 30.3 Å². The van der Waals surface area contributed by atoms with Crippen molar-refractivity contribution < 1.29 is 4.79 Å². The number of hydrogen-bond donors (Lipinski definition) is 0. The van der Waals surface area contributed by atoms with Gasteiger partial charge in [0.1, 0.15) is 0 Å². The second kappa shape index (κ2) is 7.65. The molecule has 0 aliphatic heterocycles. The molecule has 0 aromatic heterocycles. The van der Waals surface area contributed by atoms with Gasteiger partial charge in [0.05, 0.1) is 0 Å². The first-order chi connectivity index (χ1) is 10.2. The Morgan fingerprint density at radius 1 is 1.10 bits per heavy atom. The predicted octanol–water partition coefficient (Wildman–Crippen LogP) is 4.56. The minimum Gasteiger partial charge on any atom is -0.373 e. The molecular weight excluding hydrogens is 282 g/mol. The zero-order valence-electron chi connectivity index (χ0n) is 12.0. The summed E-state index contributed by atoms with van der Waals surface area (Å²) in [4.78, 5) is 14.2. The average molecular weight is 300 g/mol. The van der Waals surface area contributed by atoms with Crippen molar-refractivity contribution in [1.29, 1.82) is 0 Å². The van der Waals surface area contributed by atoms with E-state index in [2.05, 4.69) is 24.0 Å². The summed E-state index contributed by atoms with van der Waals surface area (Å²) in [5, 5.41) is 0.634. The molecule has 21 heavy (non-hydrogen) atoms.